The molecule has 0 aromatic heterocycles. The van der Waals surface area contributed by atoms with E-state index >= 15 is 0 Å². The summed E-state index contributed by atoms with van der Waals surface area (Å²) in [5, 5.41) is 8.85. The Kier molecular flexibility index (Phi) is 4.25. The maximum absolute atomic E-state index is 13.7. The molecule has 4 nitrogen and oxygen atoms in total. The van der Waals surface area contributed by atoms with E-state index in [0.717, 1.165) is 18.2 Å². The van der Waals surface area contributed by atoms with Gasteiger partial charge in [-0.15, -0.1) is 0 Å². The van der Waals surface area contributed by atoms with Crippen LogP contribution in [-0.2, 0) is 10.0 Å². The number of benzene rings is 2. The largest absolute Gasteiger partial charge is 0.278 e. The molecule has 0 heterocycles. The van der Waals surface area contributed by atoms with Crippen LogP contribution in [0.2, 0.25) is 0 Å². The van der Waals surface area contributed by atoms with Gasteiger partial charge in [0.2, 0.25) is 0 Å². The Hall–Kier alpha value is -1.98. The quantitative estimate of drug-likeness (QED) is 0.897. The highest BCUT2D eigenvalue weighted by Gasteiger charge is 2.21. The van der Waals surface area contributed by atoms with Crippen molar-refractivity contribution in [2.45, 2.75) is 4.90 Å². The lowest BCUT2D eigenvalue weighted by Crippen LogP contribution is -2.15. The highest BCUT2D eigenvalue weighted by atomic mass is 79.9. The van der Waals surface area contributed by atoms with E-state index < -0.39 is 32.1 Å². The Labute approximate surface area is 128 Å². The predicted octanol–water partition coefficient (Wildman–Crippen LogP) is 3.40. The molecule has 0 radical (unpaired) electrons. The minimum atomic E-state index is -4.27. The van der Waals surface area contributed by atoms with E-state index in [-0.39, 0.29) is 5.69 Å². The average Bonchev–Trinajstić information content (AvgIpc) is 2.38. The van der Waals surface area contributed by atoms with Crippen molar-refractivity contribution in [1.82, 2.24) is 0 Å². The molecule has 2 aromatic carbocycles. The van der Waals surface area contributed by atoms with E-state index in [0.29, 0.717) is 4.47 Å². The van der Waals surface area contributed by atoms with Crippen molar-refractivity contribution in [3.05, 3.63) is 58.1 Å². The molecule has 0 unspecified atom stereocenters. The van der Waals surface area contributed by atoms with Gasteiger partial charge >= 0.3 is 0 Å². The zero-order valence-electron chi connectivity index (χ0n) is 10.3. The minimum Gasteiger partial charge on any atom is -0.278 e. The summed E-state index contributed by atoms with van der Waals surface area (Å²) in [6.45, 7) is 0. The number of hydrogen-bond acceptors (Lipinski definition) is 3. The number of sulfonamides is 1. The second kappa shape index (κ2) is 5.79. The topological polar surface area (TPSA) is 70.0 Å². The molecule has 2 aromatic rings. The Morgan fingerprint density at radius 2 is 1.86 bits per heavy atom. The van der Waals surface area contributed by atoms with Crippen molar-refractivity contribution in [3.63, 3.8) is 0 Å². The number of anilines is 1. The van der Waals surface area contributed by atoms with Gasteiger partial charge in [0.05, 0.1) is 5.69 Å². The van der Waals surface area contributed by atoms with Gasteiger partial charge in [0, 0.05) is 4.47 Å². The highest BCUT2D eigenvalue weighted by Crippen LogP contribution is 2.24. The lowest BCUT2D eigenvalue weighted by atomic mass is 10.2. The van der Waals surface area contributed by atoms with Gasteiger partial charge in [-0.2, -0.15) is 5.26 Å². The van der Waals surface area contributed by atoms with Gasteiger partial charge in [-0.25, -0.2) is 17.2 Å². The Balaban J connectivity index is 2.48. The first kappa shape index (κ1) is 15.4. The second-order valence-electron chi connectivity index (χ2n) is 3.95. The number of nitrogens with zero attached hydrogens (tertiary/aromatic N) is 1. The molecule has 0 saturated heterocycles. The molecule has 0 bridgehead atoms. The van der Waals surface area contributed by atoms with Crippen molar-refractivity contribution in [2.75, 3.05) is 4.72 Å². The van der Waals surface area contributed by atoms with E-state index in [1.807, 2.05) is 4.72 Å². The maximum atomic E-state index is 13.7. The first-order chi connectivity index (χ1) is 9.85. The molecule has 0 aliphatic carbocycles. The van der Waals surface area contributed by atoms with Crippen LogP contribution in [0.5, 0.6) is 0 Å². The third-order valence-electron chi connectivity index (χ3n) is 2.55. The van der Waals surface area contributed by atoms with E-state index in [9.17, 15) is 17.2 Å². The smallest absolute Gasteiger partial charge is 0.264 e. The second-order valence-corrected chi connectivity index (χ2v) is 6.52. The van der Waals surface area contributed by atoms with E-state index in [2.05, 4.69) is 15.9 Å². The molecular weight excluding hydrogens is 366 g/mol. The number of nitrogens with one attached hydrogen (secondary N) is 1. The first-order valence-electron chi connectivity index (χ1n) is 5.51. The summed E-state index contributed by atoms with van der Waals surface area (Å²) in [6.07, 6.45) is 0. The summed E-state index contributed by atoms with van der Waals surface area (Å²) < 4.78 is 53.8. The molecule has 0 atom stereocenters. The van der Waals surface area contributed by atoms with Crippen LogP contribution in [-0.4, -0.2) is 8.42 Å². The number of nitriles is 1. The van der Waals surface area contributed by atoms with Crippen molar-refractivity contribution in [2.24, 2.45) is 0 Å². The summed E-state index contributed by atoms with van der Waals surface area (Å²) in [7, 11) is -4.27. The molecule has 0 aliphatic heterocycles. The molecule has 21 heavy (non-hydrogen) atoms. The van der Waals surface area contributed by atoms with E-state index in [1.165, 1.54) is 18.2 Å². The van der Waals surface area contributed by atoms with E-state index in [1.54, 1.807) is 6.07 Å². The van der Waals surface area contributed by atoms with Crippen LogP contribution in [0.15, 0.2) is 45.8 Å². The molecule has 8 heteroatoms. The Morgan fingerprint density at radius 3 is 2.48 bits per heavy atom. The van der Waals surface area contributed by atoms with Crippen LogP contribution in [0.25, 0.3) is 0 Å². The molecule has 2 rings (SSSR count). The van der Waals surface area contributed by atoms with Crippen molar-refractivity contribution in [1.29, 1.82) is 5.26 Å². The SMILES string of the molecule is N#Cc1c(F)cccc1NS(=O)(=O)c1ccc(Br)cc1F. The minimum absolute atomic E-state index is 0.250. The fourth-order valence-corrected chi connectivity index (χ4v) is 3.08. The summed E-state index contributed by atoms with van der Waals surface area (Å²) in [4.78, 5) is -0.598. The fraction of sp³-hybridized carbons (Fsp3) is 0. The van der Waals surface area contributed by atoms with Crippen LogP contribution >= 0.6 is 15.9 Å². The molecule has 0 fully saturated rings. The standard InChI is InChI=1S/C13H7BrF2N2O2S/c14-8-4-5-13(11(16)6-8)21(19,20)18-12-3-1-2-10(15)9(12)7-17/h1-6,18H. The van der Waals surface area contributed by atoms with Crippen LogP contribution < -0.4 is 4.72 Å². The van der Waals surface area contributed by atoms with Gasteiger partial charge in [0.15, 0.2) is 0 Å². The lowest BCUT2D eigenvalue weighted by molar-refractivity contribution is 0.570. The molecular formula is C13H7BrF2N2O2S. The fourth-order valence-electron chi connectivity index (χ4n) is 1.62. The summed E-state index contributed by atoms with van der Waals surface area (Å²) in [5.74, 6) is -1.83. The molecule has 108 valence electrons. The van der Waals surface area contributed by atoms with Crippen LogP contribution in [0, 0.1) is 23.0 Å². The Morgan fingerprint density at radius 1 is 1.14 bits per heavy atom. The zero-order valence-corrected chi connectivity index (χ0v) is 12.7. The number of rotatable bonds is 3. The Bertz CT molecular complexity index is 848. The number of hydrogen-bond donors (Lipinski definition) is 1. The van der Waals surface area contributed by atoms with Gasteiger partial charge in [-0.1, -0.05) is 22.0 Å². The molecule has 0 aliphatic rings. The van der Waals surface area contributed by atoms with Crippen LogP contribution in [0.1, 0.15) is 5.56 Å². The maximum Gasteiger partial charge on any atom is 0.264 e. The van der Waals surface area contributed by atoms with Crippen molar-refractivity contribution < 1.29 is 17.2 Å². The number of halogens is 3. The monoisotopic (exact) mass is 372 g/mol. The molecule has 1 N–H and O–H groups in total. The van der Waals surface area contributed by atoms with Gasteiger partial charge in [-0.05, 0) is 30.3 Å². The third-order valence-corrected chi connectivity index (χ3v) is 4.45. The summed E-state index contributed by atoms with van der Waals surface area (Å²) in [5.41, 5.74) is -0.710. The van der Waals surface area contributed by atoms with Crippen LogP contribution in [0.3, 0.4) is 0 Å². The zero-order chi connectivity index (χ0) is 15.6. The molecule has 0 spiro atoms. The van der Waals surface area contributed by atoms with Gasteiger partial charge in [0.1, 0.15) is 28.2 Å². The first-order valence-corrected chi connectivity index (χ1v) is 7.79. The summed E-state index contributed by atoms with van der Waals surface area (Å²) in [6, 6.07) is 8.45. The van der Waals surface area contributed by atoms with Crippen molar-refractivity contribution in [3.8, 4) is 6.07 Å². The molecule has 0 saturated carbocycles. The van der Waals surface area contributed by atoms with E-state index in [4.69, 9.17) is 5.26 Å². The van der Waals surface area contributed by atoms with Gasteiger partial charge < -0.3 is 0 Å². The lowest BCUT2D eigenvalue weighted by Gasteiger charge is -2.10. The average molecular weight is 373 g/mol. The van der Waals surface area contributed by atoms with Crippen molar-refractivity contribution >= 4 is 31.6 Å². The van der Waals surface area contributed by atoms with Gasteiger partial charge in [0.25, 0.3) is 10.0 Å². The predicted molar refractivity (Wildman–Crippen MR) is 76.0 cm³/mol. The van der Waals surface area contributed by atoms with Gasteiger partial charge in [-0.3, -0.25) is 4.72 Å². The third kappa shape index (κ3) is 3.20. The highest BCUT2D eigenvalue weighted by molar-refractivity contribution is 9.10. The normalized spacial score (nSPS) is 11.0. The summed E-state index contributed by atoms with van der Waals surface area (Å²) >= 11 is 3.01. The molecule has 0 amide bonds. The van der Waals surface area contributed by atoms with Crippen LogP contribution in [0.4, 0.5) is 14.5 Å².